The lowest BCUT2D eigenvalue weighted by atomic mass is 10.1. The highest BCUT2D eigenvalue weighted by Crippen LogP contribution is 2.54. The largest absolute Gasteiger partial charge is 0.370 e. The number of ether oxygens (including phenoxy) is 1. The second kappa shape index (κ2) is 4.59. The van der Waals surface area contributed by atoms with Crippen molar-refractivity contribution in [2.24, 2.45) is 17.8 Å². The SMILES string of the molecule is O=C1C[C@@H](CSc2n[nH]c(C3CCCO3)n2)[C@@H]2C[C@H]12. The molecule has 1 aliphatic heterocycles. The summed E-state index contributed by atoms with van der Waals surface area (Å²) < 4.78 is 5.58. The van der Waals surface area contributed by atoms with Crippen LogP contribution in [0.15, 0.2) is 5.16 Å². The first-order valence-electron chi connectivity index (χ1n) is 7.00. The lowest BCUT2D eigenvalue weighted by Gasteiger charge is -2.07. The number of nitrogens with zero attached hydrogens (tertiary/aromatic N) is 2. The molecule has 2 aliphatic carbocycles. The Labute approximate surface area is 115 Å². The predicted molar refractivity (Wildman–Crippen MR) is 69.7 cm³/mol. The van der Waals surface area contributed by atoms with Crippen molar-refractivity contribution in [3.8, 4) is 0 Å². The van der Waals surface area contributed by atoms with Crippen LogP contribution in [0.25, 0.3) is 0 Å². The second-order valence-corrected chi connectivity index (χ2v) is 6.74. The number of aromatic nitrogens is 3. The predicted octanol–water partition coefficient (Wildman–Crippen LogP) is 1.97. The standard InChI is InChI=1S/C13H17N3O2S/c17-10-4-7(8-5-9(8)10)6-19-13-14-12(15-16-13)11-2-1-3-18-11/h7-9,11H,1-6H2,(H,14,15,16)/t7-,8-,9-,11?/m0/s1. The van der Waals surface area contributed by atoms with E-state index in [1.807, 2.05) is 0 Å². The first-order chi connectivity index (χ1) is 9.31. The zero-order chi connectivity index (χ0) is 12.8. The van der Waals surface area contributed by atoms with Crippen molar-refractivity contribution in [1.29, 1.82) is 0 Å². The average Bonchev–Trinajstić information content (AvgIpc) is 2.82. The van der Waals surface area contributed by atoms with Crippen molar-refractivity contribution >= 4 is 17.5 Å². The van der Waals surface area contributed by atoms with Gasteiger partial charge in [-0.3, -0.25) is 9.89 Å². The zero-order valence-electron chi connectivity index (χ0n) is 10.7. The Balaban J connectivity index is 1.34. The molecule has 3 aliphatic rings. The van der Waals surface area contributed by atoms with E-state index in [2.05, 4.69) is 15.2 Å². The van der Waals surface area contributed by atoms with Crippen molar-refractivity contribution < 1.29 is 9.53 Å². The highest BCUT2D eigenvalue weighted by molar-refractivity contribution is 7.99. The number of rotatable bonds is 4. The molecule has 5 nitrogen and oxygen atoms in total. The van der Waals surface area contributed by atoms with Crippen molar-refractivity contribution in [1.82, 2.24) is 15.2 Å². The summed E-state index contributed by atoms with van der Waals surface area (Å²) in [7, 11) is 0. The van der Waals surface area contributed by atoms with E-state index >= 15 is 0 Å². The number of fused-ring (bicyclic) bond motifs is 1. The number of aromatic amines is 1. The molecule has 19 heavy (non-hydrogen) atoms. The molecule has 1 N–H and O–H groups in total. The van der Waals surface area contributed by atoms with Crippen LogP contribution in [0.1, 0.15) is 37.6 Å². The number of Topliss-reactive ketones (excluding diaryl/α,β-unsaturated/α-hetero) is 1. The summed E-state index contributed by atoms with van der Waals surface area (Å²) in [4.78, 5) is 16.0. The minimum atomic E-state index is 0.0997. The Bertz CT molecular complexity index is 498. The molecule has 1 saturated heterocycles. The number of hydrogen-bond acceptors (Lipinski definition) is 5. The number of thioether (sulfide) groups is 1. The van der Waals surface area contributed by atoms with E-state index in [1.54, 1.807) is 11.8 Å². The van der Waals surface area contributed by atoms with Crippen LogP contribution >= 0.6 is 11.8 Å². The van der Waals surface area contributed by atoms with E-state index in [9.17, 15) is 4.79 Å². The third kappa shape index (κ3) is 2.21. The maximum Gasteiger partial charge on any atom is 0.208 e. The Kier molecular flexibility index (Phi) is 2.88. The van der Waals surface area contributed by atoms with Gasteiger partial charge in [-0.1, -0.05) is 11.8 Å². The van der Waals surface area contributed by atoms with Gasteiger partial charge < -0.3 is 4.74 Å². The van der Waals surface area contributed by atoms with Gasteiger partial charge >= 0.3 is 0 Å². The second-order valence-electron chi connectivity index (χ2n) is 5.75. The van der Waals surface area contributed by atoms with Gasteiger partial charge in [0.2, 0.25) is 5.16 Å². The quantitative estimate of drug-likeness (QED) is 0.853. The Hall–Kier alpha value is -0.880. The number of carbonyl (C=O) groups is 1. The van der Waals surface area contributed by atoms with Crippen LogP contribution in [0, 0.1) is 17.8 Å². The highest BCUT2D eigenvalue weighted by Gasteiger charge is 2.53. The van der Waals surface area contributed by atoms with Crippen LogP contribution in [0.4, 0.5) is 0 Å². The van der Waals surface area contributed by atoms with Crippen LogP contribution in [0.3, 0.4) is 0 Å². The summed E-state index contributed by atoms with van der Waals surface area (Å²) >= 11 is 1.67. The minimum absolute atomic E-state index is 0.0997. The van der Waals surface area contributed by atoms with Crippen LogP contribution in [0.2, 0.25) is 0 Å². The van der Waals surface area contributed by atoms with Gasteiger partial charge in [0.1, 0.15) is 11.9 Å². The Morgan fingerprint density at radius 3 is 3.11 bits per heavy atom. The fourth-order valence-corrected chi connectivity index (χ4v) is 4.29. The lowest BCUT2D eigenvalue weighted by molar-refractivity contribution is -0.119. The van der Waals surface area contributed by atoms with Crippen LogP contribution in [0.5, 0.6) is 0 Å². The van der Waals surface area contributed by atoms with E-state index in [1.165, 1.54) is 0 Å². The monoisotopic (exact) mass is 279 g/mol. The van der Waals surface area contributed by atoms with Crippen molar-refractivity contribution in [3.63, 3.8) is 0 Å². The van der Waals surface area contributed by atoms with Gasteiger partial charge in [0.15, 0.2) is 5.82 Å². The molecular weight excluding hydrogens is 262 g/mol. The molecule has 2 heterocycles. The number of ketones is 1. The Morgan fingerprint density at radius 2 is 2.42 bits per heavy atom. The van der Waals surface area contributed by atoms with Gasteiger partial charge in [-0.05, 0) is 31.1 Å². The van der Waals surface area contributed by atoms with E-state index < -0.39 is 0 Å². The van der Waals surface area contributed by atoms with Gasteiger partial charge in [-0.15, -0.1) is 5.10 Å². The molecule has 4 rings (SSSR count). The number of nitrogens with one attached hydrogen (secondary N) is 1. The summed E-state index contributed by atoms with van der Waals surface area (Å²) in [6, 6.07) is 0. The van der Waals surface area contributed by atoms with Crippen LogP contribution in [-0.4, -0.2) is 33.3 Å². The third-order valence-electron chi connectivity index (χ3n) is 4.47. The number of hydrogen-bond donors (Lipinski definition) is 1. The molecule has 0 bridgehead atoms. The van der Waals surface area contributed by atoms with E-state index in [0.717, 1.165) is 49.0 Å². The summed E-state index contributed by atoms with van der Waals surface area (Å²) in [6.45, 7) is 0.821. The summed E-state index contributed by atoms with van der Waals surface area (Å²) in [5.74, 6) is 3.91. The fourth-order valence-electron chi connectivity index (χ4n) is 3.29. The lowest BCUT2D eigenvalue weighted by Crippen LogP contribution is -2.05. The molecule has 2 saturated carbocycles. The van der Waals surface area contributed by atoms with Crippen LogP contribution < -0.4 is 0 Å². The van der Waals surface area contributed by atoms with Gasteiger partial charge in [0.05, 0.1) is 0 Å². The topological polar surface area (TPSA) is 67.9 Å². The molecule has 1 aromatic rings. The zero-order valence-corrected chi connectivity index (χ0v) is 11.5. The molecule has 0 amide bonds. The normalized spacial score (nSPS) is 36.7. The molecule has 102 valence electrons. The maximum atomic E-state index is 11.6. The van der Waals surface area contributed by atoms with E-state index in [-0.39, 0.29) is 6.10 Å². The molecular formula is C13H17N3O2S. The minimum Gasteiger partial charge on any atom is -0.370 e. The van der Waals surface area contributed by atoms with E-state index in [4.69, 9.17) is 4.74 Å². The first kappa shape index (κ1) is 11.9. The molecule has 0 radical (unpaired) electrons. The molecule has 4 atom stereocenters. The Morgan fingerprint density at radius 1 is 1.47 bits per heavy atom. The molecule has 6 heteroatoms. The third-order valence-corrected chi connectivity index (χ3v) is 5.50. The molecule has 0 spiro atoms. The average molecular weight is 279 g/mol. The number of carbonyl (C=O) groups excluding carboxylic acids is 1. The van der Waals surface area contributed by atoms with Gasteiger partial charge in [-0.2, -0.15) is 0 Å². The summed E-state index contributed by atoms with van der Waals surface area (Å²) in [6.07, 6.45) is 4.12. The number of H-pyrrole nitrogens is 1. The van der Waals surface area contributed by atoms with Crippen molar-refractivity contribution in [2.75, 3.05) is 12.4 Å². The van der Waals surface area contributed by atoms with E-state index in [0.29, 0.717) is 23.5 Å². The fraction of sp³-hybridized carbons (Fsp3) is 0.769. The van der Waals surface area contributed by atoms with Gasteiger partial charge in [0, 0.05) is 24.7 Å². The molecule has 1 aromatic heterocycles. The molecule has 1 unspecified atom stereocenters. The summed E-state index contributed by atoms with van der Waals surface area (Å²) in [5.41, 5.74) is 0. The molecule has 3 fully saturated rings. The summed E-state index contributed by atoms with van der Waals surface area (Å²) in [5, 5.41) is 8.01. The molecule has 0 aromatic carbocycles. The van der Waals surface area contributed by atoms with Gasteiger partial charge in [-0.25, -0.2) is 4.98 Å². The maximum absolute atomic E-state index is 11.6. The van der Waals surface area contributed by atoms with Crippen LogP contribution in [-0.2, 0) is 9.53 Å². The van der Waals surface area contributed by atoms with Gasteiger partial charge in [0.25, 0.3) is 0 Å². The first-order valence-corrected chi connectivity index (χ1v) is 7.99. The highest BCUT2D eigenvalue weighted by atomic mass is 32.2. The smallest absolute Gasteiger partial charge is 0.208 e. The van der Waals surface area contributed by atoms with Crippen molar-refractivity contribution in [2.45, 2.75) is 36.9 Å². The van der Waals surface area contributed by atoms with Crippen molar-refractivity contribution in [3.05, 3.63) is 5.82 Å².